The molecule has 0 aliphatic carbocycles. The molecule has 5 nitrogen and oxygen atoms in total. The summed E-state index contributed by atoms with van der Waals surface area (Å²) in [6, 6.07) is 3.24. The van der Waals surface area contributed by atoms with E-state index in [-0.39, 0.29) is 17.4 Å². The highest BCUT2D eigenvalue weighted by molar-refractivity contribution is 9.10. The van der Waals surface area contributed by atoms with Gasteiger partial charge in [-0.3, -0.25) is 4.79 Å². The number of hydrogen-bond donors (Lipinski definition) is 0. The maximum absolute atomic E-state index is 11.7. The number of furan rings is 1. The predicted octanol–water partition coefficient (Wildman–Crippen LogP) is 1.40. The lowest BCUT2D eigenvalue weighted by Crippen LogP contribution is -2.08. The van der Waals surface area contributed by atoms with Gasteiger partial charge in [0.1, 0.15) is 6.33 Å². The van der Waals surface area contributed by atoms with Crippen LogP contribution in [-0.2, 0) is 7.05 Å². The zero-order valence-electron chi connectivity index (χ0n) is 7.27. The molecule has 0 N–H and O–H groups in total. The van der Waals surface area contributed by atoms with Crippen LogP contribution in [0.3, 0.4) is 0 Å². The van der Waals surface area contributed by atoms with E-state index in [0.717, 1.165) is 0 Å². The molecule has 72 valence electrons. The molecule has 14 heavy (non-hydrogen) atoms. The Hall–Kier alpha value is -1.43. The fourth-order valence-corrected chi connectivity index (χ4v) is 1.35. The molecule has 6 heteroatoms. The van der Waals surface area contributed by atoms with E-state index in [1.165, 1.54) is 11.0 Å². The van der Waals surface area contributed by atoms with E-state index < -0.39 is 0 Å². The molecule has 0 aromatic carbocycles. The van der Waals surface area contributed by atoms with Crippen LogP contribution >= 0.6 is 15.9 Å². The molecular formula is C8H6BrN3O2. The van der Waals surface area contributed by atoms with Crippen LogP contribution in [0.25, 0.3) is 0 Å². The van der Waals surface area contributed by atoms with Crippen molar-refractivity contribution < 1.29 is 9.21 Å². The van der Waals surface area contributed by atoms with Crippen molar-refractivity contribution in [1.29, 1.82) is 0 Å². The largest absolute Gasteiger partial charge is 0.446 e. The Balaban J connectivity index is 2.38. The summed E-state index contributed by atoms with van der Waals surface area (Å²) in [6.07, 6.45) is 1.32. The van der Waals surface area contributed by atoms with Crippen molar-refractivity contribution in [1.82, 2.24) is 14.8 Å². The van der Waals surface area contributed by atoms with Crippen LogP contribution < -0.4 is 0 Å². The summed E-state index contributed by atoms with van der Waals surface area (Å²) in [5, 5.41) is 3.80. The second-order valence-corrected chi connectivity index (χ2v) is 3.42. The van der Waals surface area contributed by atoms with Gasteiger partial charge in [0.15, 0.2) is 10.4 Å². The van der Waals surface area contributed by atoms with Crippen LogP contribution in [0.5, 0.6) is 0 Å². The summed E-state index contributed by atoms with van der Waals surface area (Å²) in [6.45, 7) is 0. The average Bonchev–Trinajstić information content (AvgIpc) is 2.73. The Morgan fingerprint density at radius 2 is 2.36 bits per heavy atom. The first kappa shape index (κ1) is 9.14. The smallest absolute Gasteiger partial charge is 0.265 e. The molecule has 0 bridgehead atoms. The number of halogens is 1. The van der Waals surface area contributed by atoms with Gasteiger partial charge in [-0.1, -0.05) is 0 Å². The van der Waals surface area contributed by atoms with Gasteiger partial charge >= 0.3 is 0 Å². The van der Waals surface area contributed by atoms with E-state index in [1.807, 2.05) is 0 Å². The van der Waals surface area contributed by atoms with E-state index in [0.29, 0.717) is 4.67 Å². The Kier molecular flexibility index (Phi) is 2.20. The Labute approximate surface area is 87.9 Å². The van der Waals surface area contributed by atoms with Gasteiger partial charge in [0.05, 0.1) is 0 Å². The number of carbonyl (C=O) groups excluding carboxylic acids is 1. The summed E-state index contributed by atoms with van der Waals surface area (Å²) in [5.74, 6) is 0.218. The fourth-order valence-electron chi connectivity index (χ4n) is 1.05. The summed E-state index contributed by atoms with van der Waals surface area (Å²) in [5.41, 5.74) is 0. The second-order valence-electron chi connectivity index (χ2n) is 2.64. The predicted molar refractivity (Wildman–Crippen MR) is 50.8 cm³/mol. The van der Waals surface area contributed by atoms with E-state index in [4.69, 9.17) is 4.42 Å². The molecule has 0 saturated carbocycles. The summed E-state index contributed by atoms with van der Waals surface area (Å²) in [7, 11) is 1.65. The van der Waals surface area contributed by atoms with Gasteiger partial charge in [0, 0.05) is 7.05 Å². The highest BCUT2D eigenvalue weighted by Gasteiger charge is 2.17. The van der Waals surface area contributed by atoms with Gasteiger partial charge < -0.3 is 4.42 Å². The molecule has 0 unspecified atom stereocenters. The number of aryl methyl sites for hydroxylation is 1. The van der Waals surface area contributed by atoms with Gasteiger partial charge in [-0.25, -0.2) is 9.67 Å². The number of nitrogens with zero attached hydrogens (tertiary/aromatic N) is 3. The summed E-state index contributed by atoms with van der Waals surface area (Å²) >= 11 is 3.12. The third kappa shape index (κ3) is 1.48. The molecule has 0 spiro atoms. The van der Waals surface area contributed by atoms with Gasteiger partial charge in [-0.05, 0) is 28.1 Å². The van der Waals surface area contributed by atoms with E-state index in [1.54, 1.807) is 19.2 Å². The maximum Gasteiger partial charge on any atom is 0.265 e. The number of aromatic nitrogens is 3. The van der Waals surface area contributed by atoms with Crippen molar-refractivity contribution >= 4 is 21.7 Å². The number of carbonyl (C=O) groups is 1. The zero-order chi connectivity index (χ0) is 10.1. The summed E-state index contributed by atoms with van der Waals surface area (Å²) in [4.78, 5) is 15.5. The van der Waals surface area contributed by atoms with E-state index in [9.17, 15) is 4.79 Å². The van der Waals surface area contributed by atoms with Crippen LogP contribution in [0.4, 0.5) is 0 Å². The third-order valence-corrected chi connectivity index (χ3v) is 2.14. The Morgan fingerprint density at radius 1 is 1.57 bits per heavy atom. The molecule has 0 saturated heterocycles. The molecule has 0 aliphatic rings. The lowest BCUT2D eigenvalue weighted by molar-refractivity contribution is 0.0994. The molecule has 2 rings (SSSR count). The molecule has 2 heterocycles. The Bertz CT molecular complexity index is 474. The fraction of sp³-hybridized carbons (Fsp3) is 0.125. The zero-order valence-corrected chi connectivity index (χ0v) is 8.85. The first-order valence-electron chi connectivity index (χ1n) is 3.82. The van der Waals surface area contributed by atoms with E-state index >= 15 is 0 Å². The van der Waals surface area contributed by atoms with Crippen LogP contribution in [0.15, 0.2) is 27.5 Å². The molecule has 2 aromatic heterocycles. The molecule has 0 radical (unpaired) electrons. The topological polar surface area (TPSA) is 60.9 Å². The van der Waals surface area contributed by atoms with Crippen molar-refractivity contribution in [3.05, 3.63) is 34.7 Å². The third-order valence-electron chi connectivity index (χ3n) is 1.71. The molecule has 2 aromatic rings. The van der Waals surface area contributed by atoms with Gasteiger partial charge in [0.25, 0.3) is 5.78 Å². The molecular weight excluding hydrogens is 250 g/mol. The van der Waals surface area contributed by atoms with Crippen LogP contribution in [0.2, 0.25) is 0 Å². The molecule has 0 aliphatic heterocycles. The highest BCUT2D eigenvalue weighted by Crippen LogP contribution is 2.16. The molecule has 0 amide bonds. The van der Waals surface area contributed by atoms with Crippen molar-refractivity contribution in [3.63, 3.8) is 0 Å². The minimum atomic E-state index is -0.282. The van der Waals surface area contributed by atoms with Crippen molar-refractivity contribution in [2.24, 2.45) is 7.05 Å². The normalized spacial score (nSPS) is 10.4. The highest BCUT2D eigenvalue weighted by atomic mass is 79.9. The molecule has 0 fully saturated rings. The van der Waals surface area contributed by atoms with Crippen LogP contribution in [0.1, 0.15) is 16.4 Å². The lowest BCUT2D eigenvalue weighted by Gasteiger charge is -1.94. The standard InChI is InChI=1S/C8H6BrN3O2/c1-12-8(10-4-11-12)7(13)5-2-3-6(9)14-5/h2-4H,1H3. The quantitative estimate of drug-likeness (QED) is 0.762. The number of ketones is 1. The Morgan fingerprint density at radius 3 is 2.86 bits per heavy atom. The van der Waals surface area contributed by atoms with Crippen molar-refractivity contribution in [2.45, 2.75) is 0 Å². The van der Waals surface area contributed by atoms with E-state index in [2.05, 4.69) is 26.0 Å². The van der Waals surface area contributed by atoms with Crippen LogP contribution in [-0.4, -0.2) is 20.5 Å². The number of hydrogen-bond acceptors (Lipinski definition) is 4. The minimum Gasteiger partial charge on any atom is -0.446 e. The SMILES string of the molecule is Cn1ncnc1C(=O)c1ccc(Br)o1. The summed E-state index contributed by atoms with van der Waals surface area (Å²) < 4.78 is 7.03. The van der Waals surface area contributed by atoms with Gasteiger partial charge in [0.2, 0.25) is 5.82 Å². The van der Waals surface area contributed by atoms with Crippen molar-refractivity contribution in [3.8, 4) is 0 Å². The average molecular weight is 256 g/mol. The first-order chi connectivity index (χ1) is 6.68. The number of rotatable bonds is 2. The monoisotopic (exact) mass is 255 g/mol. The maximum atomic E-state index is 11.7. The van der Waals surface area contributed by atoms with Crippen molar-refractivity contribution in [2.75, 3.05) is 0 Å². The van der Waals surface area contributed by atoms with Gasteiger partial charge in [-0.15, -0.1) is 0 Å². The first-order valence-corrected chi connectivity index (χ1v) is 4.62. The van der Waals surface area contributed by atoms with Crippen LogP contribution in [0, 0.1) is 0 Å². The van der Waals surface area contributed by atoms with Gasteiger partial charge in [-0.2, -0.15) is 5.10 Å². The second kappa shape index (κ2) is 3.38. The lowest BCUT2D eigenvalue weighted by atomic mass is 10.3. The molecule has 0 atom stereocenters. The minimum absolute atomic E-state index is 0.243.